The van der Waals surface area contributed by atoms with Crippen LogP contribution in [0.25, 0.3) is 0 Å². The van der Waals surface area contributed by atoms with E-state index in [1.54, 1.807) is 0 Å². The molecular formula is C14H18O2. The second-order valence-corrected chi connectivity index (χ2v) is 3.97. The monoisotopic (exact) mass is 218 g/mol. The standard InChI is InChI=1S/C14H18O2/c1-12(2)6-5-8-13-7-3-4-9-14(13)16-11-10-15/h3-4,7,9,12,15H,6,10-11H2,1-2H3. The zero-order valence-corrected chi connectivity index (χ0v) is 9.86. The molecule has 0 amide bonds. The molecule has 0 atom stereocenters. The normalized spacial score (nSPS) is 9.75. The zero-order chi connectivity index (χ0) is 11.8. The van der Waals surface area contributed by atoms with E-state index in [9.17, 15) is 0 Å². The van der Waals surface area contributed by atoms with Gasteiger partial charge in [-0.1, -0.05) is 37.8 Å². The van der Waals surface area contributed by atoms with E-state index in [2.05, 4.69) is 25.7 Å². The highest BCUT2D eigenvalue weighted by Crippen LogP contribution is 2.16. The first-order valence-corrected chi connectivity index (χ1v) is 5.55. The van der Waals surface area contributed by atoms with E-state index in [1.165, 1.54) is 0 Å². The Morgan fingerprint density at radius 1 is 1.31 bits per heavy atom. The highest BCUT2D eigenvalue weighted by Gasteiger charge is 1.98. The third-order valence-electron chi connectivity index (χ3n) is 1.97. The summed E-state index contributed by atoms with van der Waals surface area (Å²) in [7, 11) is 0. The van der Waals surface area contributed by atoms with Crippen molar-refractivity contribution in [2.24, 2.45) is 5.92 Å². The lowest BCUT2D eigenvalue weighted by atomic mass is 10.1. The largest absolute Gasteiger partial charge is 0.490 e. The molecule has 0 aliphatic rings. The van der Waals surface area contributed by atoms with Gasteiger partial charge in [0, 0.05) is 6.42 Å². The van der Waals surface area contributed by atoms with Gasteiger partial charge in [-0.3, -0.25) is 0 Å². The van der Waals surface area contributed by atoms with E-state index in [1.807, 2.05) is 24.3 Å². The first-order valence-electron chi connectivity index (χ1n) is 5.55. The number of hydrogen-bond donors (Lipinski definition) is 1. The van der Waals surface area contributed by atoms with Gasteiger partial charge in [-0.25, -0.2) is 0 Å². The SMILES string of the molecule is CC(C)CC#Cc1ccccc1OCCO. The Labute approximate surface area is 97.3 Å². The summed E-state index contributed by atoms with van der Waals surface area (Å²) in [6, 6.07) is 7.64. The molecule has 1 rings (SSSR count). The third kappa shape index (κ3) is 4.37. The third-order valence-corrected chi connectivity index (χ3v) is 1.97. The van der Waals surface area contributed by atoms with Gasteiger partial charge in [0.05, 0.1) is 12.2 Å². The van der Waals surface area contributed by atoms with E-state index in [0.29, 0.717) is 12.5 Å². The van der Waals surface area contributed by atoms with Crippen LogP contribution in [0.3, 0.4) is 0 Å². The molecule has 1 aromatic rings. The highest BCUT2D eigenvalue weighted by atomic mass is 16.5. The van der Waals surface area contributed by atoms with Crippen LogP contribution in [0.2, 0.25) is 0 Å². The lowest BCUT2D eigenvalue weighted by molar-refractivity contribution is 0.201. The fourth-order valence-electron chi connectivity index (χ4n) is 1.20. The van der Waals surface area contributed by atoms with Crippen LogP contribution in [0.4, 0.5) is 0 Å². The maximum absolute atomic E-state index is 8.71. The Morgan fingerprint density at radius 3 is 2.75 bits per heavy atom. The minimum absolute atomic E-state index is 0.0216. The van der Waals surface area contributed by atoms with Crippen molar-refractivity contribution in [1.29, 1.82) is 0 Å². The van der Waals surface area contributed by atoms with Crippen molar-refractivity contribution in [2.45, 2.75) is 20.3 Å². The lowest BCUT2D eigenvalue weighted by Crippen LogP contribution is -2.02. The second-order valence-electron chi connectivity index (χ2n) is 3.97. The van der Waals surface area contributed by atoms with Crippen LogP contribution in [0.5, 0.6) is 5.75 Å². The summed E-state index contributed by atoms with van der Waals surface area (Å²) in [4.78, 5) is 0. The fraction of sp³-hybridized carbons (Fsp3) is 0.429. The summed E-state index contributed by atoms with van der Waals surface area (Å²) in [6.07, 6.45) is 0.883. The smallest absolute Gasteiger partial charge is 0.135 e. The maximum Gasteiger partial charge on any atom is 0.135 e. The van der Waals surface area contributed by atoms with E-state index in [4.69, 9.17) is 9.84 Å². The van der Waals surface area contributed by atoms with Crippen molar-refractivity contribution in [1.82, 2.24) is 0 Å². The fourth-order valence-corrected chi connectivity index (χ4v) is 1.20. The predicted octanol–water partition coefficient (Wildman–Crippen LogP) is 2.46. The van der Waals surface area contributed by atoms with Gasteiger partial charge in [-0.2, -0.15) is 0 Å². The minimum atomic E-state index is 0.0216. The Balaban J connectivity index is 2.72. The van der Waals surface area contributed by atoms with Crippen molar-refractivity contribution in [2.75, 3.05) is 13.2 Å². The van der Waals surface area contributed by atoms with Gasteiger partial charge in [0.25, 0.3) is 0 Å². The van der Waals surface area contributed by atoms with Crippen molar-refractivity contribution < 1.29 is 9.84 Å². The number of aliphatic hydroxyl groups is 1. The van der Waals surface area contributed by atoms with Crippen molar-refractivity contribution >= 4 is 0 Å². The number of rotatable bonds is 4. The van der Waals surface area contributed by atoms with Crippen LogP contribution in [0, 0.1) is 17.8 Å². The summed E-state index contributed by atoms with van der Waals surface area (Å²) in [5.41, 5.74) is 0.886. The molecule has 0 aromatic heterocycles. The van der Waals surface area contributed by atoms with Crippen molar-refractivity contribution in [3.8, 4) is 17.6 Å². The van der Waals surface area contributed by atoms with Crippen LogP contribution in [-0.4, -0.2) is 18.3 Å². The summed E-state index contributed by atoms with van der Waals surface area (Å²) >= 11 is 0. The van der Waals surface area contributed by atoms with E-state index < -0.39 is 0 Å². The van der Waals surface area contributed by atoms with Gasteiger partial charge in [0.2, 0.25) is 0 Å². The molecule has 0 heterocycles. The van der Waals surface area contributed by atoms with Crippen LogP contribution in [0.1, 0.15) is 25.8 Å². The van der Waals surface area contributed by atoms with E-state index in [0.717, 1.165) is 17.7 Å². The zero-order valence-electron chi connectivity index (χ0n) is 9.86. The van der Waals surface area contributed by atoms with Gasteiger partial charge in [0.15, 0.2) is 0 Å². The first kappa shape index (κ1) is 12.6. The van der Waals surface area contributed by atoms with Gasteiger partial charge in [-0.15, -0.1) is 0 Å². The molecular weight excluding hydrogens is 200 g/mol. The number of para-hydroxylation sites is 1. The maximum atomic E-state index is 8.71. The Bertz CT molecular complexity index is 372. The molecule has 0 unspecified atom stereocenters. The van der Waals surface area contributed by atoms with Gasteiger partial charge in [-0.05, 0) is 18.1 Å². The summed E-state index contributed by atoms with van der Waals surface area (Å²) in [5, 5.41) is 8.71. The lowest BCUT2D eigenvalue weighted by Gasteiger charge is -2.05. The number of aliphatic hydroxyl groups excluding tert-OH is 1. The molecule has 0 radical (unpaired) electrons. The molecule has 0 aliphatic heterocycles. The van der Waals surface area contributed by atoms with Crippen molar-refractivity contribution in [3.63, 3.8) is 0 Å². The van der Waals surface area contributed by atoms with Crippen LogP contribution >= 0.6 is 0 Å². The molecule has 1 N–H and O–H groups in total. The average molecular weight is 218 g/mol. The molecule has 0 bridgehead atoms. The molecule has 0 spiro atoms. The molecule has 2 heteroatoms. The number of ether oxygens (including phenoxy) is 1. The Kier molecular flexibility index (Phi) is 5.45. The average Bonchev–Trinajstić information content (AvgIpc) is 2.27. The van der Waals surface area contributed by atoms with Crippen LogP contribution < -0.4 is 4.74 Å². The molecule has 16 heavy (non-hydrogen) atoms. The topological polar surface area (TPSA) is 29.5 Å². The van der Waals surface area contributed by atoms with Crippen LogP contribution in [-0.2, 0) is 0 Å². The summed E-state index contributed by atoms with van der Waals surface area (Å²) in [5.74, 6) is 7.55. The first-order chi connectivity index (χ1) is 7.74. The number of benzene rings is 1. The molecule has 0 aliphatic carbocycles. The molecule has 0 saturated heterocycles. The van der Waals surface area contributed by atoms with Gasteiger partial charge in [0.1, 0.15) is 12.4 Å². The number of hydrogen-bond acceptors (Lipinski definition) is 2. The summed E-state index contributed by atoms with van der Waals surface area (Å²) in [6.45, 7) is 4.61. The molecule has 1 aromatic carbocycles. The summed E-state index contributed by atoms with van der Waals surface area (Å²) < 4.78 is 5.39. The Hall–Kier alpha value is -1.46. The van der Waals surface area contributed by atoms with Crippen LogP contribution in [0.15, 0.2) is 24.3 Å². The van der Waals surface area contributed by atoms with Crippen molar-refractivity contribution in [3.05, 3.63) is 29.8 Å². The quantitative estimate of drug-likeness (QED) is 0.787. The molecule has 0 saturated carbocycles. The molecule has 2 nitrogen and oxygen atoms in total. The second kappa shape index (κ2) is 6.92. The molecule has 0 fully saturated rings. The van der Waals surface area contributed by atoms with E-state index >= 15 is 0 Å². The highest BCUT2D eigenvalue weighted by molar-refractivity contribution is 5.45. The van der Waals surface area contributed by atoms with Gasteiger partial charge >= 0.3 is 0 Å². The van der Waals surface area contributed by atoms with E-state index in [-0.39, 0.29) is 6.61 Å². The van der Waals surface area contributed by atoms with Gasteiger partial charge < -0.3 is 9.84 Å². The Morgan fingerprint density at radius 2 is 2.06 bits per heavy atom. The molecule has 86 valence electrons. The predicted molar refractivity (Wildman–Crippen MR) is 65.4 cm³/mol. The minimum Gasteiger partial charge on any atom is -0.490 e.